The molecule has 0 aromatic heterocycles. The molecule has 3 rings (SSSR count). The quantitative estimate of drug-likeness (QED) is 0.888. The fourth-order valence-corrected chi connectivity index (χ4v) is 3.91. The molecule has 0 spiro atoms. The van der Waals surface area contributed by atoms with Gasteiger partial charge in [0.1, 0.15) is 0 Å². The Labute approximate surface area is 144 Å². The number of aliphatic hydroxyl groups excluding tert-OH is 1. The van der Waals surface area contributed by atoms with Crippen molar-refractivity contribution in [2.75, 3.05) is 19.6 Å². The number of nitrogens with one attached hydrogen (secondary N) is 1. The first kappa shape index (κ1) is 18.2. The largest absolute Gasteiger partial charge is 0.392 e. The number of piperidine rings is 1. The Kier molecular flexibility index (Phi) is 6.45. The van der Waals surface area contributed by atoms with Crippen LogP contribution in [0.15, 0.2) is 30.3 Å². The van der Waals surface area contributed by atoms with Crippen LogP contribution in [0.4, 0.5) is 0 Å². The topological polar surface area (TPSA) is 52.6 Å². The van der Waals surface area contributed by atoms with E-state index in [-0.39, 0.29) is 30.5 Å². The average Bonchev–Trinajstić information content (AvgIpc) is 3.01. The first-order chi connectivity index (χ1) is 10.7. The molecule has 2 fully saturated rings. The summed E-state index contributed by atoms with van der Waals surface area (Å²) in [5, 5.41) is 12.7. The lowest BCUT2D eigenvalue weighted by Crippen LogP contribution is -2.49. The monoisotopic (exact) mass is 338 g/mol. The highest BCUT2D eigenvalue weighted by atomic mass is 35.5. The normalized spacial score (nSPS) is 30.8. The Morgan fingerprint density at radius 3 is 2.70 bits per heavy atom. The van der Waals surface area contributed by atoms with Crippen LogP contribution in [0.2, 0.25) is 0 Å². The van der Waals surface area contributed by atoms with Gasteiger partial charge in [-0.1, -0.05) is 43.7 Å². The molecular weight excluding hydrogens is 312 g/mol. The predicted molar refractivity (Wildman–Crippen MR) is 93.8 cm³/mol. The summed E-state index contributed by atoms with van der Waals surface area (Å²) in [6, 6.07) is 10.5. The van der Waals surface area contributed by atoms with Crippen molar-refractivity contribution in [1.82, 2.24) is 10.2 Å². The van der Waals surface area contributed by atoms with E-state index in [2.05, 4.69) is 42.6 Å². The van der Waals surface area contributed by atoms with Crippen LogP contribution in [-0.4, -0.2) is 47.7 Å². The number of carbonyl (C=O) groups is 1. The minimum atomic E-state index is -0.377. The Bertz CT molecular complexity index is 511. The van der Waals surface area contributed by atoms with E-state index in [4.69, 9.17) is 0 Å². The highest BCUT2D eigenvalue weighted by molar-refractivity contribution is 5.85. The van der Waals surface area contributed by atoms with Gasteiger partial charge in [-0.05, 0) is 30.2 Å². The molecule has 0 radical (unpaired) electrons. The number of aliphatic hydroxyl groups is 1. The minimum absolute atomic E-state index is 0. The maximum Gasteiger partial charge on any atom is 0.239 e. The number of amides is 1. The van der Waals surface area contributed by atoms with Gasteiger partial charge in [0.15, 0.2) is 0 Å². The van der Waals surface area contributed by atoms with Crippen LogP contribution < -0.4 is 5.32 Å². The average molecular weight is 339 g/mol. The van der Waals surface area contributed by atoms with E-state index in [1.54, 1.807) is 0 Å². The molecule has 2 saturated heterocycles. The Hall–Kier alpha value is -1.10. The Morgan fingerprint density at radius 1 is 1.35 bits per heavy atom. The number of hydrogen-bond donors (Lipinski definition) is 2. The van der Waals surface area contributed by atoms with Crippen LogP contribution in [0.25, 0.3) is 0 Å². The van der Waals surface area contributed by atoms with Crippen LogP contribution in [0, 0.1) is 5.92 Å². The number of rotatable bonds is 3. The molecule has 128 valence electrons. The molecule has 2 aliphatic rings. The third-order valence-electron chi connectivity index (χ3n) is 5.20. The summed E-state index contributed by atoms with van der Waals surface area (Å²) < 4.78 is 0. The van der Waals surface area contributed by atoms with Crippen molar-refractivity contribution in [2.24, 2.45) is 5.92 Å². The molecule has 23 heavy (non-hydrogen) atoms. The molecule has 2 aliphatic heterocycles. The predicted octanol–water partition coefficient (Wildman–Crippen LogP) is 2.17. The molecule has 1 aromatic carbocycles. The van der Waals surface area contributed by atoms with Gasteiger partial charge in [0.2, 0.25) is 5.91 Å². The molecule has 0 bridgehead atoms. The molecule has 5 heteroatoms. The number of halogens is 1. The lowest BCUT2D eigenvalue weighted by atomic mass is 9.79. The SMILES string of the molecule is CCC1CN(C(=O)C2CC(O)CN2)CCC1c1ccccc1.Cl. The van der Waals surface area contributed by atoms with Gasteiger partial charge >= 0.3 is 0 Å². The van der Waals surface area contributed by atoms with Gasteiger partial charge in [-0.25, -0.2) is 0 Å². The molecule has 0 aliphatic carbocycles. The summed E-state index contributed by atoms with van der Waals surface area (Å²) >= 11 is 0. The first-order valence-corrected chi connectivity index (χ1v) is 8.44. The molecule has 1 aromatic rings. The highest BCUT2D eigenvalue weighted by Gasteiger charge is 2.36. The van der Waals surface area contributed by atoms with Gasteiger partial charge < -0.3 is 15.3 Å². The van der Waals surface area contributed by atoms with E-state index in [9.17, 15) is 9.90 Å². The molecule has 4 unspecified atom stereocenters. The molecular formula is C18H27ClN2O2. The molecule has 1 amide bonds. The molecule has 2 heterocycles. The van der Waals surface area contributed by atoms with Gasteiger partial charge in [0, 0.05) is 19.6 Å². The number of benzene rings is 1. The molecule has 4 nitrogen and oxygen atoms in total. The van der Waals surface area contributed by atoms with Crippen LogP contribution >= 0.6 is 12.4 Å². The second-order valence-electron chi connectivity index (χ2n) is 6.61. The fourth-order valence-electron chi connectivity index (χ4n) is 3.91. The van der Waals surface area contributed by atoms with Crippen molar-refractivity contribution < 1.29 is 9.90 Å². The van der Waals surface area contributed by atoms with Crippen molar-refractivity contribution in [3.05, 3.63) is 35.9 Å². The summed E-state index contributed by atoms with van der Waals surface area (Å²) in [7, 11) is 0. The fraction of sp³-hybridized carbons (Fsp3) is 0.611. The maximum atomic E-state index is 12.6. The minimum Gasteiger partial charge on any atom is -0.392 e. The second kappa shape index (κ2) is 8.13. The van der Waals surface area contributed by atoms with Crippen molar-refractivity contribution in [1.29, 1.82) is 0 Å². The van der Waals surface area contributed by atoms with E-state index < -0.39 is 0 Å². The number of nitrogens with zero attached hydrogens (tertiary/aromatic N) is 1. The van der Waals surface area contributed by atoms with Crippen molar-refractivity contribution in [2.45, 2.75) is 44.2 Å². The van der Waals surface area contributed by atoms with E-state index >= 15 is 0 Å². The maximum absolute atomic E-state index is 12.6. The summed E-state index contributed by atoms with van der Waals surface area (Å²) in [6.45, 7) is 4.41. The van der Waals surface area contributed by atoms with Gasteiger partial charge in [0.25, 0.3) is 0 Å². The Morgan fingerprint density at radius 2 is 2.09 bits per heavy atom. The number of hydrogen-bond acceptors (Lipinski definition) is 3. The van der Waals surface area contributed by atoms with E-state index in [0.29, 0.717) is 24.8 Å². The van der Waals surface area contributed by atoms with E-state index in [1.165, 1.54) is 5.56 Å². The van der Waals surface area contributed by atoms with E-state index in [1.807, 2.05) is 4.90 Å². The van der Waals surface area contributed by atoms with Crippen LogP contribution in [0.3, 0.4) is 0 Å². The summed E-state index contributed by atoms with van der Waals surface area (Å²) in [4.78, 5) is 14.6. The first-order valence-electron chi connectivity index (χ1n) is 8.44. The third kappa shape index (κ3) is 4.06. The van der Waals surface area contributed by atoms with Crippen LogP contribution in [-0.2, 0) is 4.79 Å². The zero-order valence-corrected chi connectivity index (χ0v) is 14.5. The standard InChI is InChI=1S/C18H26N2O2.ClH/c1-2-13-12-20(18(22)17-10-15(21)11-19-17)9-8-16(13)14-6-4-3-5-7-14;/h3-7,13,15-17,19,21H,2,8-12H2,1H3;1H. The Balaban J connectivity index is 0.00000192. The lowest BCUT2D eigenvalue weighted by Gasteiger charge is -2.39. The lowest BCUT2D eigenvalue weighted by molar-refractivity contribution is -0.135. The van der Waals surface area contributed by atoms with Crippen LogP contribution in [0.1, 0.15) is 37.7 Å². The molecule has 4 atom stereocenters. The second-order valence-corrected chi connectivity index (χ2v) is 6.61. The summed E-state index contributed by atoms with van der Waals surface area (Å²) in [5.74, 6) is 1.24. The zero-order chi connectivity index (χ0) is 15.5. The summed E-state index contributed by atoms with van der Waals surface area (Å²) in [5.41, 5.74) is 1.40. The van der Waals surface area contributed by atoms with Gasteiger partial charge in [-0.2, -0.15) is 0 Å². The van der Waals surface area contributed by atoms with Gasteiger partial charge in [-0.15, -0.1) is 12.4 Å². The number of likely N-dealkylation sites (tertiary alicyclic amines) is 1. The van der Waals surface area contributed by atoms with Gasteiger partial charge in [0.05, 0.1) is 12.1 Å². The molecule has 0 saturated carbocycles. The van der Waals surface area contributed by atoms with Crippen LogP contribution in [0.5, 0.6) is 0 Å². The number of β-amino-alcohol motifs (C(OH)–C–C–N with tert-alkyl or cyclic N) is 1. The van der Waals surface area contributed by atoms with Crippen molar-refractivity contribution in [3.63, 3.8) is 0 Å². The van der Waals surface area contributed by atoms with Crippen molar-refractivity contribution >= 4 is 18.3 Å². The van der Waals surface area contributed by atoms with E-state index in [0.717, 1.165) is 25.9 Å². The highest BCUT2D eigenvalue weighted by Crippen LogP contribution is 2.35. The van der Waals surface area contributed by atoms with Gasteiger partial charge in [-0.3, -0.25) is 4.79 Å². The third-order valence-corrected chi connectivity index (χ3v) is 5.20. The smallest absolute Gasteiger partial charge is 0.239 e. The number of carbonyl (C=O) groups excluding carboxylic acids is 1. The molecule has 2 N–H and O–H groups in total. The van der Waals surface area contributed by atoms with Crippen molar-refractivity contribution in [3.8, 4) is 0 Å². The zero-order valence-electron chi connectivity index (χ0n) is 13.6. The summed E-state index contributed by atoms with van der Waals surface area (Å²) in [6.07, 6.45) is 2.29.